The number of fused-ring (bicyclic) bond motifs is 1. The third kappa shape index (κ3) is 4.84. The van der Waals surface area contributed by atoms with E-state index >= 15 is 0 Å². The zero-order valence-corrected chi connectivity index (χ0v) is 19.5. The van der Waals surface area contributed by atoms with Crippen LogP contribution in [0.2, 0.25) is 0 Å². The molecular weight excluding hydrogens is 442 g/mol. The van der Waals surface area contributed by atoms with Gasteiger partial charge >= 0.3 is 6.03 Å². The summed E-state index contributed by atoms with van der Waals surface area (Å²) in [5, 5.41) is 5.89. The second-order valence-electron chi connectivity index (χ2n) is 8.92. The predicted molar refractivity (Wildman–Crippen MR) is 126 cm³/mol. The lowest BCUT2D eigenvalue weighted by Crippen LogP contribution is -2.59. The quantitative estimate of drug-likeness (QED) is 0.626. The van der Waals surface area contributed by atoms with Gasteiger partial charge in [-0.2, -0.15) is 0 Å². The van der Waals surface area contributed by atoms with E-state index in [0.29, 0.717) is 56.8 Å². The fraction of sp³-hybridized carbons (Fsp3) is 0.440. The number of urea groups is 1. The van der Waals surface area contributed by atoms with E-state index in [-0.39, 0.29) is 29.7 Å². The molecule has 0 atom stereocenters. The van der Waals surface area contributed by atoms with Crippen LogP contribution in [-0.4, -0.2) is 62.7 Å². The highest BCUT2D eigenvalue weighted by molar-refractivity contribution is 6.04. The van der Waals surface area contributed by atoms with Crippen molar-refractivity contribution in [3.05, 3.63) is 59.2 Å². The van der Waals surface area contributed by atoms with Crippen LogP contribution in [0.15, 0.2) is 36.4 Å². The van der Waals surface area contributed by atoms with E-state index in [0.717, 1.165) is 11.3 Å². The Morgan fingerprint density at radius 1 is 1.15 bits per heavy atom. The van der Waals surface area contributed by atoms with E-state index in [2.05, 4.69) is 15.5 Å². The summed E-state index contributed by atoms with van der Waals surface area (Å²) in [6, 6.07) is 8.84. The van der Waals surface area contributed by atoms with Gasteiger partial charge in [-0.1, -0.05) is 6.07 Å². The van der Waals surface area contributed by atoms with Crippen LogP contribution in [-0.2, 0) is 11.3 Å². The average molecular weight is 473 g/mol. The van der Waals surface area contributed by atoms with Crippen LogP contribution in [0.1, 0.15) is 35.2 Å². The van der Waals surface area contributed by atoms with Crippen molar-refractivity contribution in [3.8, 4) is 0 Å². The maximum atomic E-state index is 14.0. The van der Waals surface area contributed by atoms with Crippen LogP contribution < -0.4 is 15.5 Å². The van der Waals surface area contributed by atoms with Crippen molar-refractivity contribution in [2.45, 2.75) is 31.3 Å². The van der Waals surface area contributed by atoms with E-state index in [4.69, 9.17) is 4.74 Å². The first-order valence-corrected chi connectivity index (χ1v) is 11.4. The third-order valence-electron chi connectivity index (χ3n) is 6.90. The number of likely N-dealkylation sites (tertiary alicyclic amines) is 1. The highest BCUT2D eigenvalue weighted by Crippen LogP contribution is 2.41. The second-order valence-corrected chi connectivity index (χ2v) is 8.92. The maximum Gasteiger partial charge on any atom is 0.317 e. The van der Waals surface area contributed by atoms with Crippen molar-refractivity contribution >= 4 is 23.2 Å². The van der Waals surface area contributed by atoms with Gasteiger partial charge < -0.3 is 25.2 Å². The number of methoxy groups -OCH3 is 1. The van der Waals surface area contributed by atoms with Crippen molar-refractivity contribution in [1.82, 2.24) is 10.2 Å². The van der Waals surface area contributed by atoms with Crippen molar-refractivity contribution in [3.63, 3.8) is 0 Å². The van der Waals surface area contributed by atoms with Crippen LogP contribution in [0.3, 0.4) is 0 Å². The van der Waals surface area contributed by atoms with Gasteiger partial charge in [0, 0.05) is 58.0 Å². The van der Waals surface area contributed by atoms with E-state index in [1.165, 1.54) is 18.2 Å². The molecule has 2 heterocycles. The number of amides is 2. The highest BCUT2D eigenvalue weighted by atomic mass is 19.1. The highest BCUT2D eigenvalue weighted by Gasteiger charge is 2.45. The monoisotopic (exact) mass is 472 g/mol. The Morgan fingerprint density at radius 2 is 1.91 bits per heavy atom. The first kappa shape index (κ1) is 23.9. The minimum atomic E-state index is -0.415. The molecule has 1 fully saturated rings. The largest absolute Gasteiger partial charge is 0.383 e. The molecule has 1 spiro atoms. The lowest BCUT2D eigenvalue weighted by atomic mass is 9.77. The molecule has 9 heteroatoms. The molecule has 34 heavy (non-hydrogen) atoms. The minimum absolute atomic E-state index is 0.0586. The number of carbonyl (C=O) groups excluding carboxylic acids is 2. The van der Waals surface area contributed by atoms with Crippen molar-refractivity contribution in [2.75, 3.05) is 50.6 Å². The summed E-state index contributed by atoms with van der Waals surface area (Å²) >= 11 is 0. The SMILES string of the molecule is COCCNc1cc(CNC(=O)N2CCC3(CC2)CC(=O)c2cc(F)ccc2N3C)ccc1F. The summed E-state index contributed by atoms with van der Waals surface area (Å²) in [7, 11) is 3.52. The molecule has 0 aromatic heterocycles. The Kier molecular flexibility index (Phi) is 7.02. The number of hydrogen-bond donors (Lipinski definition) is 2. The smallest absolute Gasteiger partial charge is 0.317 e. The van der Waals surface area contributed by atoms with Crippen LogP contribution in [0, 0.1) is 11.6 Å². The Hall–Kier alpha value is -3.20. The normalized spacial score (nSPS) is 17.0. The summed E-state index contributed by atoms with van der Waals surface area (Å²) in [4.78, 5) is 29.3. The number of nitrogens with one attached hydrogen (secondary N) is 2. The Labute approximate surface area is 198 Å². The fourth-order valence-electron chi connectivity index (χ4n) is 4.83. The molecule has 0 aliphatic carbocycles. The van der Waals surface area contributed by atoms with Gasteiger partial charge in [0.15, 0.2) is 5.78 Å². The Morgan fingerprint density at radius 3 is 2.65 bits per heavy atom. The van der Waals surface area contributed by atoms with E-state index < -0.39 is 5.82 Å². The lowest BCUT2D eigenvalue weighted by Gasteiger charge is -2.50. The maximum absolute atomic E-state index is 14.0. The van der Waals surface area contributed by atoms with Gasteiger partial charge in [-0.3, -0.25) is 4.79 Å². The predicted octanol–water partition coefficient (Wildman–Crippen LogP) is 3.79. The summed E-state index contributed by atoms with van der Waals surface area (Å²) in [5.74, 6) is -0.832. The van der Waals surface area contributed by atoms with Gasteiger partial charge in [-0.15, -0.1) is 0 Å². The van der Waals surface area contributed by atoms with Gasteiger partial charge in [-0.05, 0) is 48.7 Å². The number of ether oxygens (including phenoxy) is 1. The van der Waals surface area contributed by atoms with Gasteiger partial charge in [-0.25, -0.2) is 13.6 Å². The summed E-state index contributed by atoms with van der Waals surface area (Å²) in [5.41, 5.74) is 1.93. The molecule has 2 aromatic rings. The molecule has 182 valence electrons. The number of rotatable bonds is 6. The second kappa shape index (κ2) is 9.97. The summed E-state index contributed by atoms with van der Waals surface area (Å²) in [6.45, 7) is 2.23. The van der Waals surface area contributed by atoms with E-state index in [9.17, 15) is 18.4 Å². The van der Waals surface area contributed by atoms with Crippen LogP contribution in [0.4, 0.5) is 25.0 Å². The number of Topliss-reactive ketones (excluding diaryl/α,β-unsaturated/α-hetero) is 1. The van der Waals surface area contributed by atoms with Gasteiger partial charge in [0.2, 0.25) is 0 Å². The van der Waals surface area contributed by atoms with Crippen LogP contribution >= 0.6 is 0 Å². The zero-order chi connectivity index (χ0) is 24.3. The van der Waals surface area contributed by atoms with E-state index in [1.54, 1.807) is 30.2 Å². The standard InChI is InChI=1S/C25H30F2N4O3/c1-30-22-6-4-18(26)14-19(22)23(32)15-25(30)7-10-31(11-8-25)24(33)29-16-17-3-5-20(27)21(13-17)28-9-12-34-2/h3-6,13-14,28H,7-12,15-16H2,1-2H3,(H,29,33). The third-order valence-corrected chi connectivity index (χ3v) is 6.90. The van der Waals surface area contributed by atoms with Gasteiger partial charge in [0.05, 0.1) is 17.8 Å². The minimum Gasteiger partial charge on any atom is -0.383 e. The van der Waals surface area contributed by atoms with Crippen LogP contribution in [0.5, 0.6) is 0 Å². The molecule has 2 aromatic carbocycles. The molecule has 0 unspecified atom stereocenters. The molecule has 1 saturated heterocycles. The molecule has 0 saturated carbocycles. The first-order chi connectivity index (χ1) is 16.3. The molecule has 0 radical (unpaired) electrons. The Bertz CT molecular complexity index is 1070. The van der Waals surface area contributed by atoms with Crippen molar-refractivity contribution in [2.24, 2.45) is 0 Å². The van der Waals surface area contributed by atoms with E-state index in [1.807, 2.05) is 7.05 Å². The number of nitrogens with zero attached hydrogens (tertiary/aromatic N) is 2. The van der Waals surface area contributed by atoms with Gasteiger partial charge in [0.25, 0.3) is 0 Å². The first-order valence-electron chi connectivity index (χ1n) is 11.4. The molecule has 2 amide bonds. The molecule has 7 nitrogen and oxygen atoms in total. The molecule has 4 rings (SSSR count). The van der Waals surface area contributed by atoms with Crippen molar-refractivity contribution < 1.29 is 23.1 Å². The van der Waals surface area contributed by atoms with Gasteiger partial charge in [0.1, 0.15) is 11.6 Å². The molecular formula is C25H30F2N4O3. The molecule has 2 aliphatic rings. The number of carbonyl (C=O) groups is 2. The number of benzene rings is 2. The molecule has 0 bridgehead atoms. The topological polar surface area (TPSA) is 73.9 Å². The van der Waals surface area contributed by atoms with Crippen molar-refractivity contribution in [1.29, 1.82) is 0 Å². The fourth-order valence-corrected chi connectivity index (χ4v) is 4.83. The Balaban J connectivity index is 1.34. The number of hydrogen-bond acceptors (Lipinski definition) is 5. The lowest BCUT2D eigenvalue weighted by molar-refractivity contribution is 0.0890. The number of piperidine rings is 1. The number of anilines is 2. The summed E-state index contributed by atoms with van der Waals surface area (Å²) in [6.07, 6.45) is 1.59. The number of ketones is 1. The zero-order valence-electron chi connectivity index (χ0n) is 19.5. The molecule has 2 aliphatic heterocycles. The summed E-state index contributed by atoms with van der Waals surface area (Å²) < 4.78 is 32.6. The average Bonchev–Trinajstić information content (AvgIpc) is 2.83. The van der Waals surface area contributed by atoms with Crippen LogP contribution in [0.25, 0.3) is 0 Å². The molecule has 2 N–H and O–H groups in total. The number of halogens is 2.